The van der Waals surface area contributed by atoms with Crippen LogP contribution in [0.2, 0.25) is 0 Å². The van der Waals surface area contributed by atoms with Crippen LogP contribution in [0.1, 0.15) is 39.4 Å². The molecule has 1 unspecified atom stereocenters. The second kappa shape index (κ2) is 7.38. The molecule has 2 N–H and O–H groups in total. The summed E-state index contributed by atoms with van der Waals surface area (Å²) >= 11 is 1.29. The van der Waals surface area contributed by atoms with Crippen molar-refractivity contribution in [2.45, 2.75) is 32.3 Å². The van der Waals surface area contributed by atoms with E-state index < -0.39 is 5.97 Å². The highest BCUT2D eigenvalue weighted by molar-refractivity contribution is 7.15. The maximum absolute atomic E-state index is 12.1. The third-order valence-corrected chi connectivity index (χ3v) is 4.52. The molecule has 2 rings (SSSR count). The molecule has 1 aromatic rings. The van der Waals surface area contributed by atoms with Crippen LogP contribution in [0.4, 0.5) is 0 Å². The molecule has 114 valence electrons. The number of carboxylic acids is 1. The van der Waals surface area contributed by atoms with Gasteiger partial charge in [-0.2, -0.15) is 0 Å². The quantitative estimate of drug-likeness (QED) is 0.819. The molecule has 0 saturated carbocycles. The van der Waals surface area contributed by atoms with Crippen LogP contribution in [0.5, 0.6) is 0 Å². The van der Waals surface area contributed by atoms with Crippen molar-refractivity contribution < 1.29 is 19.4 Å². The zero-order valence-corrected chi connectivity index (χ0v) is 12.7. The molecule has 0 bridgehead atoms. The molecule has 1 saturated heterocycles. The minimum absolute atomic E-state index is 0.107. The van der Waals surface area contributed by atoms with Crippen molar-refractivity contribution in [2.75, 3.05) is 13.2 Å². The Balaban J connectivity index is 1.93. The number of carbonyl (C=O) groups excluding carboxylic acids is 1. The fourth-order valence-electron chi connectivity index (χ4n) is 2.18. The zero-order valence-electron chi connectivity index (χ0n) is 11.9. The highest BCUT2D eigenvalue weighted by Crippen LogP contribution is 2.23. The number of nitrogens with one attached hydrogen (secondary N) is 1. The maximum Gasteiger partial charge on any atom is 0.328 e. The topological polar surface area (TPSA) is 75.6 Å². The van der Waals surface area contributed by atoms with Gasteiger partial charge >= 0.3 is 5.97 Å². The molecule has 0 aliphatic carbocycles. The van der Waals surface area contributed by atoms with Gasteiger partial charge in [0.05, 0.1) is 11.0 Å². The van der Waals surface area contributed by atoms with Crippen LogP contribution in [0.25, 0.3) is 6.08 Å². The molecule has 5 nitrogen and oxygen atoms in total. The van der Waals surface area contributed by atoms with Crippen LogP contribution in [-0.2, 0) is 9.53 Å². The lowest BCUT2D eigenvalue weighted by Crippen LogP contribution is -2.35. The number of thiophene rings is 1. The lowest BCUT2D eigenvalue weighted by atomic mass is 10.1. The van der Waals surface area contributed by atoms with E-state index in [4.69, 9.17) is 9.84 Å². The predicted octanol–water partition coefficient (Wildman–Crippen LogP) is 2.45. The van der Waals surface area contributed by atoms with Crippen LogP contribution >= 0.6 is 11.3 Å². The van der Waals surface area contributed by atoms with E-state index in [1.165, 1.54) is 17.4 Å². The summed E-state index contributed by atoms with van der Waals surface area (Å²) in [5.74, 6) is -1.13. The van der Waals surface area contributed by atoms with Gasteiger partial charge in [-0.25, -0.2) is 4.79 Å². The second-order valence-corrected chi connectivity index (χ2v) is 6.11. The van der Waals surface area contributed by atoms with Crippen LogP contribution in [0.3, 0.4) is 0 Å². The fraction of sp³-hybridized carbons (Fsp3) is 0.467. The van der Waals surface area contributed by atoms with Crippen LogP contribution in [-0.4, -0.2) is 36.2 Å². The smallest absolute Gasteiger partial charge is 0.328 e. The molecule has 6 heteroatoms. The predicted molar refractivity (Wildman–Crippen MR) is 81.7 cm³/mol. The molecule has 0 spiro atoms. The molecule has 1 fully saturated rings. The molecular weight excluding hydrogens is 290 g/mol. The average Bonchev–Trinajstić information content (AvgIpc) is 2.85. The monoisotopic (exact) mass is 309 g/mol. The number of amides is 1. The van der Waals surface area contributed by atoms with E-state index in [0.29, 0.717) is 11.4 Å². The van der Waals surface area contributed by atoms with Crippen molar-refractivity contribution in [1.82, 2.24) is 5.32 Å². The van der Waals surface area contributed by atoms with Gasteiger partial charge in [0.15, 0.2) is 0 Å². The molecule has 1 aliphatic rings. The normalized spacial score (nSPS) is 18.8. The number of hydrogen-bond acceptors (Lipinski definition) is 4. The Morgan fingerprint density at radius 1 is 1.52 bits per heavy atom. The number of carbonyl (C=O) groups is 2. The SMILES string of the molecule is Cc1cc(C(=O)NCC2CCCCO2)sc1/C=C/C(=O)O. The van der Waals surface area contributed by atoms with E-state index in [9.17, 15) is 9.59 Å². The Bertz CT molecular complexity index is 544. The highest BCUT2D eigenvalue weighted by Gasteiger charge is 2.16. The minimum Gasteiger partial charge on any atom is -0.478 e. The van der Waals surface area contributed by atoms with E-state index in [0.717, 1.165) is 42.4 Å². The molecule has 1 atom stereocenters. The van der Waals surface area contributed by atoms with Crippen LogP contribution < -0.4 is 5.32 Å². The van der Waals surface area contributed by atoms with Gasteiger partial charge in [-0.3, -0.25) is 4.79 Å². The molecule has 0 radical (unpaired) electrons. The summed E-state index contributed by atoms with van der Waals surface area (Å²) < 4.78 is 5.57. The molecule has 1 aliphatic heterocycles. The van der Waals surface area contributed by atoms with E-state index in [-0.39, 0.29) is 12.0 Å². The van der Waals surface area contributed by atoms with Crippen molar-refractivity contribution in [3.8, 4) is 0 Å². The van der Waals surface area contributed by atoms with E-state index >= 15 is 0 Å². The Hall–Kier alpha value is -1.66. The Morgan fingerprint density at radius 3 is 3.00 bits per heavy atom. The first-order chi connectivity index (χ1) is 10.1. The summed E-state index contributed by atoms with van der Waals surface area (Å²) in [4.78, 5) is 24.0. The molecule has 2 heterocycles. The van der Waals surface area contributed by atoms with Gasteiger partial charge < -0.3 is 15.2 Å². The van der Waals surface area contributed by atoms with E-state index in [1.807, 2.05) is 6.92 Å². The van der Waals surface area contributed by atoms with Gasteiger partial charge in [-0.05, 0) is 43.9 Å². The zero-order chi connectivity index (χ0) is 15.2. The summed E-state index contributed by atoms with van der Waals surface area (Å²) in [6, 6.07) is 1.78. The lowest BCUT2D eigenvalue weighted by Gasteiger charge is -2.22. The summed E-state index contributed by atoms with van der Waals surface area (Å²) in [7, 11) is 0. The fourth-order valence-corrected chi connectivity index (χ4v) is 3.18. The summed E-state index contributed by atoms with van der Waals surface area (Å²) in [5, 5.41) is 11.5. The first-order valence-corrected chi connectivity index (χ1v) is 7.79. The van der Waals surface area contributed by atoms with Crippen molar-refractivity contribution >= 4 is 29.3 Å². The molecule has 0 aromatic carbocycles. The van der Waals surface area contributed by atoms with Crippen LogP contribution in [0.15, 0.2) is 12.1 Å². The Morgan fingerprint density at radius 2 is 2.33 bits per heavy atom. The third-order valence-electron chi connectivity index (χ3n) is 3.32. The molecule has 21 heavy (non-hydrogen) atoms. The van der Waals surface area contributed by atoms with Crippen molar-refractivity contribution in [1.29, 1.82) is 0 Å². The number of carboxylic acid groups (broad SMARTS) is 1. The largest absolute Gasteiger partial charge is 0.478 e. The van der Waals surface area contributed by atoms with E-state index in [1.54, 1.807) is 6.07 Å². The Labute approximate surface area is 127 Å². The Kier molecular flexibility index (Phi) is 5.52. The van der Waals surface area contributed by atoms with Crippen molar-refractivity contribution in [3.05, 3.63) is 27.5 Å². The maximum atomic E-state index is 12.1. The van der Waals surface area contributed by atoms with Gasteiger partial charge in [-0.15, -0.1) is 11.3 Å². The summed E-state index contributed by atoms with van der Waals surface area (Å²) in [6.45, 7) is 3.15. The number of ether oxygens (including phenoxy) is 1. The van der Waals surface area contributed by atoms with Gasteiger partial charge in [0, 0.05) is 24.1 Å². The number of hydrogen-bond donors (Lipinski definition) is 2. The van der Waals surface area contributed by atoms with Crippen LogP contribution in [0, 0.1) is 6.92 Å². The average molecular weight is 309 g/mol. The third kappa shape index (κ3) is 4.68. The van der Waals surface area contributed by atoms with Crippen molar-refractivity contribution in [3.63, 3.8) is 0 Å². The number of aliphatic carboxylic acids is 1. The highest BCUT2D eigenvalue weighted by atomic mass is 32.1. The summed E-state index contributed by atoms with van der Waals surface area (Å²) in [5.41, 5.74) is 0.900. The first-order valence-electron chi connectivity index (χ1n) is 6.97. The van der Waals surface area contributed by atoms with Gasteiger partial charge in [0.25, 0.3) is 5.91 Å². The number of rotatable bonds is 5. The number of aryl methyl sites for hydroxylation is 1. The second-order valence-electron chi connectivity index (χ2n) is 5.03. The standard InChI is InChI=1S/C15H19NO4S/c1-10-8-13(21-12(10)5-6-14(17)18)15(19)16-9-11-4-2-3-7-20-11/h5-6,8,11H,2-4,7,9H2,1H3,(H,16,19)(H,17,18)/b6-5+. The molecular formula is C15H19NO4S. The van der Waals surface area contributed by atoms with Gasteiger partial charge in [0.1, 0.15) is 0 Å². The minimum atomic E-state index is -0.997. The van der Waals surface area contributed by atoms with Gasteiger partial charge in [-0.1, -0.05) is 0 Å². The van der Waals surface area contributed by atoms with E-state index in [2.05, 4.69) is 5.32 Å². The molecule has 1 aromatic heterocycles. The van der Waals surface area contributed by atoms with Gasteiger partial charge in [0.2, 0.25) is 0 Å². The molecule has 1 amide bonds. The first kappa shape index (κ1) is 15.7. The lowest BCUT2D eigenvalue weighted by molar-refractivity contribution is -0.131. The summed E-state index contributed by atoms with van der Waals surface area (Å²) in [6.07, 6.45) is 5.92. The van der Waals surface area contributed by atoms with Crippen molar-refractivity contribution in [2.24, 2.45) is 0 Å².